The van der Waals surface area contributed by atoms with E-state index in [4.69, 9.17) is 9.47 Å². The van der Waals surface area contributed by atoms with Gasteiger partial charge in [0.1, 0.15) is 23.8 Å². The molecule has 0 aliphatic heterocycles. The average Bonchev–Trinajstić information content (AvgIpc) is 3.30. The highest BCUT2D eigenvalue weighted by atomic mass is 16.6. The van der Waals surface area contributed by atoms with Crippen molar-refractivity contribution >= 4 is 23.5 Å². The van der Waals surface area contributed by atoms with E-state index in [0.29, 0.717) is 29.5 Å². The number of esters is 2. The lowest BCUT2D eigenvalue weighted by atomic mass is 9.45. The Hall–Kier alpha value is -1.72. The van der Waals surface area contributed by atoms with Gasteiger partial charge in [-0.25, -0.2) is 0 Å². The van der Waals surface area contributed by atoms with Gasteiger partial charge in [-0.05, 0) is 92.3 Å². The predicted molar refractivity (Wildman–Crippen MR) is 134 cm³/mol. The highest BCUT2D eigenvalue weighted by Gasteiger charge is 2.77. The lowest BCUT2D eigenvalue weighted by Crippen LogP contribution is -2.56. The summed E-state index contributed by atoms with van der Waals surface area (Å²) in [5, 5.41) is 0. The van der Waals surface area contributed by atoms with Gasteiger partial charge < -0.3 is 9.47 Å². The summed E-state index contributed by atoms with van der Waals surface area (Å²) in [5.41, 5.74) is 0.209. The molecule has 5 fully saturated rings. The van der Waals surface area contributed by atoms with Crippen molar-refractivity contribution in [2.45, 2.75) is 112 Å². The molecule has 11 atom stereocenters. The highest BCUT2D eigenvalue weighted by molar-refractivity contribution is 5.91. The molecule has 5 aliphatic carbocycles. The molecule has 0 N–H and O–H groups in total. The molecule has 5 rings (SSSR count). The van der Waals surface area contributed by atoms with Crippen LogP contribution in [0.25, 0.3) is 0 Å². The number of carbonyl (C=O) groups is 4. The monoisotopic (exact) mass is 500 g/mol. The molecule has 5 aliphatic rings. The number of hydrogen-bond donors (Lipinski definition) is 0. The van der Waals surface area contributed by atoms with Gasteiger partial charge >= 0.3 is 11.9 Å². The predicted octanol–water partition coefficient (Wildman–Crippen LogP) is 5.30. The van der Waals surface area contributed by atoms with Crippen LogP contribution in [0.4, 0.5) is 0 Å². The first-order chi connectivity index (χ1) is 16.8. The van der Waals surface area contributed by atoms with Crippen LogP contribution in [0, 0.1) is 51.8 Å². The van der Waals surface area contributed by atoms with Crippen molar-refractivity contribution in [2.24, 2.45) is 51.8 Å². The Kier molecular flexibility index (Phi) is 6.23. The number of ketones is 2. The minimum Gasteiger partial charge on any atom is -0.458 e. The van der Waals surface area contributed by atoms with Gasteiger partial charge in [-0.2, -0.15) is 0 Å². The lowest BCUT2D eigenvalue weighted by Gasteiger charge is -2.58. The first kappa shape index (κ1) is 25.9. The van der Waals surface area contributed by atoms with E-state index < -0.39 is 24.1 Å². The van der Waals surface area contributed by atoms with Gasteiger partial charge in [0.15, 0.2) is 0 Å². The molecule has 36 heavy (non-hydrogen) atoms. The number of Topliss-reactive ketones (excluding diaryl/α,β-unsaturated/α-hetero) is 2. The van der Waals surface area contributed by atoms with Crippen LogP contribution in [-0.2, 0) is 28.7 Å². The van der Waals surface area contributed by atoms with Gasteiger partial charge in [0.05, 0.1) is 0 Å². The van der Waals surface area contributed by atoms with Gasteiger partial charge in [0.2, 0.25) is 0 Å². The molecule has 0 aromatic carbocycles. The van der Waals surface area contributed by atoms with Crippen molar-refractivity contribution in [2.75, 3.05) is 0 Å². The van der Waals surface area contributed by atoms with Crippen molar-refractivity contribution in [3.63, 3.8) is 0 Å². The van der Waals surface area contributed by atoms with Gasteiger partial charge in [0.25, 0.3) is 0 Å². The number of carbonyl (C=O) groups excluding carboxylic acids is 4. The molecular weight excluding hydrogens is 456 g/mol. The largest absolute Gasteiger partial charge is 0.458 e. The van der Waals surface area contributed by atoms with E-state index in [-0.39, 0.29) is 40.3 Å². The molecule has 5 saturated carbocycles. The number of rotatable bonds is 7. The fraction of sp³-hybridized carbons (Fsp3) is 0.867. The molecular formula is C30H44O6. The first-order valence-corrected chi connectivity index (χ1v) is 14.2. The van der Waals surface area contributed by atoms with Crippen LogP contribution in [0.3, 0.4) is 0 Å². The third-order valence-corrected chi connectivity index (χ3v) is 12.0. The second-order valence-electron chi connectivity index (χ2n) is 13.5. The first-order valence-electron chi connectivity index (χ1n) is 14.2. The van der Waals surface area contributed by atoms with E-state index in [2.05, 4.69) is 20.8 Å². The molecule has 0 aromatic rings. The molecule has 1 spiro atoms. The summed E-state index contributed by atoms with van der Waals surface area (Å²) in [7, 11) is 0. The summed E-state index contributed by atoms with van der Waals surface area (Å²) >= 11 is 0. The Bertz CT molecular complexity index is 956. The normalized spacial score (nSPS) is 44.8. The second kappa shape index (κ2) is 8.66. The van der Waals surface area contributed by atoms with Crippen molar-refractivity contribution in [1.29, 1.82) is 0 Å². The number of hydrogen-bond acceptors (Lipinski definition) is 6. The minimum atomic E-state index is -0.779. The summed E-state index contributed by atoms with van der Waals surface area (Å²) in [5.74, 6) is 1.96. The molecule has 6 heteroatoms. The maximum Gasteiger partial charge on any atom is 0.303 e. The maximum absolute atomic E-state index is 13.6. The van der Waals surface area contributed by atoms with Gasteiger partial charge in [-0.3, -0.25) is 19.2 Å². The van der Waals surface area contributed by atoms with Crippen LogP contribution in [0.5, 0.6) is 0 Å². The van der Waals surface area contributed by atoms with Crippen molar-refractivity contribution < 1.29 is 28.7 Å². The Balaban J connectivity index is 1.41. The molecule has 0 heterocycles. The van der Waals surface area contributed by atoms with Gasteiger partial charge in [-0.1, -0.05) is 20.8 Å². The van der Waals surface area contributed by atoms with Crippen LogP contribution in [0.15, 0.2) is 0 Å². The van der Waals surface area contributed by atoms with Crippen molar-refractivity contribution in [1.82, 2.24) is 0 Å². The maximum atomic E-state index is 13.6. The Morgan fingerprint density at radius 3 is 2.25 bits per heavy atom. The van der Waals surface area contributed by atoms with E-state index >= 15 is 0 Å². The van der Waals surface area contributed by atoms with Crippen LogP contribution in [0.1, 0.15) is 99.3 Å². The van der Waals surface area contributed by atoms with Gasteiger partial charge in [-0.15, -0.1) is 0 Å². The third kappa shape index (κ3) is 3.63. The zero-order valence-corrected chi connectivity index (χ0v) is 22.9. The SMILES string of the molecule is CC(=O)C[C@H](OC(C)=O)[C@H](OC(C)=O)[C@@H](C)[C@H]1CC[C@H]2[C@@H]3CC(=O)[C@]45C[C@H]4CC[C@]5(C)[C@H]3CC[C@]12C. The molecule has 0 unspecified atom stereocenters. The van der Waals surface area contributed by atoms with E-state index in [0.717, 1.165) is 38.5 Å². The third-order valence-electron chi connectivity index (χ3n) is 12.0. The molecule has 200 valence electrons. The van der Waals surface area contributed by atoms with Crippen LogP contribution in [0.2, 0.25) is 0 Å². The fourth-order valence-corrected chi connectivity index (χ4v) is 10.6. The quantitative estimate of drug-likeness (QED) is 0.441. The fourth-order valence-electron chi connectivity index (χ4n) is 10.6. The van der Waals surface area contributed by atoms with E-state index in [1.54, 1.807) is 0 Å². The second-order valence-corrected chi connectivity index (χ2v) is 13.5. The van der Waals surface area contributed by atoms with Crippen LogP contribution < -0.4 is 0 Å². The molecule has 6 nitrogen and oxygen atoms in total. The summed E-state index contributed by atoms with van der Waals surface area (Å²) < 4.78 is 11.4. The summed E-state index contributed by atoms with van der Waals surface area (Å²) in [6, 6.07) is 0. The highest BCUT2D eigenvalue weighted by Crippen LogP contribution is 2.80. The van der Waals surface area contributed by atoms with E-state index in [1.807, 2.05) is 0 Å². The van der Waals surface area contributed by atoms with Crippen LogP contribution in [-0.4, -0.2) is 35.7 Å². The summed E-state index contributed by atoms with van der Waals surface area (Å²) in [6.07, 6.45) is 7.28. The van der Waals surface area contributed by atoms with Gasteiger partial charge in [0, 0.05) is 38.0 Å². The molecule has 0 bridgehead atoms. The molecule has 0 radical (unpaired) electrons. The van der Waals surface area contributed by atoms with Crippen molar-refractivity contribution in [3.05, 3.63) is 0 Å². The molecule has 0 aromatic heterocycles. The lowest BCUT2D eigenvalue weighted by molar-refractivity contribution is -0.176. The Morgan fingerprint density at radius 2 is 1.64 bits per heavy atom. The summed E-state index contributed by atoms with van der Waals surface area (Å²) in [4.78, 5) is 49.6. The van der Waals surface area contributed by atoms with E-state index in [9.17, 15) is 19.2 Å². The van der Waals surface area contributed by atoms with Crippen LogP contribution >= 0.6 is 0 Å². The zero-order valence-electron chi connectivity index (χ0n) is 22.9. The standard InChI is InChI=1S/C30H44O6/c1-16(31)13-25(35-18(3)32)27(36-19(4)33)17(2)22-7-8-23-21-14-26(34)30-15-20(30)9-12-29(30,6)24(21)10-11-28(22,23)5/h17,20-25,27H,7-15H2,1-6H3/t17-,20+,21-,22+,23-,24-,25-,27+,28+,29+,30-/m0/s1. The number of ether oxygens (including phenoxy) is 2. The van der Waals surface area contributed by atoms with E-state index in [1.165, 1.54) is 33.6 Å². The minimum absolute atomic E-state index is 0.00241. The topological polar surface area (TPSA) is 86.7 Å². The smallest absolute Gasteiger partial charge is 0.303 e. The Labute approximate surface area is 215 Å². The summed E-state index contributed by atoms with van der Waals surface area (Å²) in [6.45, 7) is 11.1. The van der Waals surface area contributed by atoms with Crippen molar-refractivity contribution in [3.8, 4) is 0 Å². The molecule has 0 saturated heterocycles. The molecule has 0 amide bonds. The average molecular weight is 501 g/mol. The Morgan fingerprint density at radius 1 is 0.944 bits per heavy atom. The number of fused-ring (bicyclic) bond motifs is 4. The zero-order chi connectivity index (χ0) is 26.2.